The van der Waals surface area contributed by atoms with Gasteiger partial charge in [-0.25, -0.2) is 14.4 Å². The minimum atomic E-state index is -0.838. The fourth-order valence-electron chi connectivity index (χ4n) is 2.41. The molecular weight excluding hydrogens is 237 g/mol. The summed E-state index contributed by atoms with van der Waals surface area (Å²) < 4.78 is 14.1. The zero-order chi connectivity index (χ0) is 13.3. The van der Waals surface area contributed by atoms with E-state index < -0.39 is 17.7 Å². The van der Waals surface area contributed by atoms with E-state index in [2.05, 4.69) is 9.97 Å². The summed E-state index contributed by atoms with van der Waals surface area (Å²) in [5.74, 6) is -1.52. The van der Waals surface area contributed by atoms with Crippen LogP contribution in [-0.2, 0) is 11.2 Å². The molecule has 0 aromatic carbocycles. The number of carboxylic acids is 1. The average molecular weight is 253 g/mol. The number of hydrogen-bond acceptors (Lipinski definition) is 4. The number of hydrogen-bond donors (Lipinski definition) is 1. The molecule has 1 N–H and O–H groups in total. The number of aliphatic carboxylic acids is 1. The molecule has 0 bridgehead atoms. The highest BCUT2D eigenvalue weighted by Crippen LogP contribution is 2.30. The van der Waals surface area contributed by atoms with Crippen LogP contribution in [0.1, 0.15) is 26.0 Å². The number of aromatic nitrogens is 2. The van der Waals surface area contributed by atoms with Gasteiger partial charge in [0.05, 0.1) is 11.6 Å². The molecule has 98 valence electrons. The quantitative estimate of drug-likeness (QED) is 0.883. The van der Waals surface area contributed by atoms with Gasteiger partial charge < -0.3 is 10.0 Å². The molecule has 2 unspecified atom stereocenters. The van der Waals surface area contributed by atoms with E-state index in [-0.39, 0.29) is 11.9 Å². The van der Waals surface area contributed by atoms with Crippen molar-refractivity contribution in [3.63, 3.8) is 0 Å². The maximum Gasteiger partial charge on any atom is 0.308 e. The largest absolute Gasteiger partial charge is 0.481 e. The molecular formula is C12H16FN3O2. The van der Waals surface area contributed by atoms with Gasteiger partial charge in [-0.3, -0.25) is 4.79 Å². The SMILES string of the molecule is CCc1ncnc(N2CCC(C(=O)O)C2C)c1F. The molecule has 0 aliphatic carbocycles. The predicted octanol–water partition coefficient (Wildman–Crippen LogP) is 1.48. The summed E-state index contributed by atoms with van der Waals surface area (Å²) in [5, 5.41) is 9.07. The van der Waals surface area contributed by atoms with Gasteiger partial charge in [-0.05, 0) is 19.8 Å². The van der Waals surface area contributed by atoms with Gasteiger partial charge in [0.1, 0.15) is 6.33 Å². The van der Waals surface area contributed by atoms with E-state index in [4.69, 9.17) is 5.11 Å². The molecule has 0 radical (unpaired) electrons. The highest BCUT2D eigenvalue weighted by molar-refractivity contribution is 5.72. The molecule has 2 rings (SSSR count). The fraction of sp³-hybridized carbons (Fsp3) is 0.583. The molecule has 2 heterocycles. The molecule has 1 fully saturated rings. The summed E-state index contributed by atoms with van der Waals surface area (Å²) in [5.41, 5.74) is 0.367. The van der Waals surface area contributed by atoms with E-state index >= 15 is 0 Å². The molecule has 0 saturated carbocycles. The van der Waals surface area contributed by atoms with E-state index in [0.717, 1.165) is 0 Å². The van der Waals surface area contributed by atoms with Gasteiger partial charge >= 0.3 is 5.97 Å². The lowest BCUT2D eigenvalue weighted by Gasteiger charge is -2.24. The Morgan fingerprint density at radius 2 is 2.33 bits per heavy atom. The molecule has 1 aromatic heterocycles. The van der Waals surface area contributed by atoms with Gasteiger partial charge in [0.15, 0.2) is 11.6 Å². The average Bonchev–Trinajstić information content (AvgIpc) is 2.71. The minimum Gasteiger partial charge on any atom is -0.481 e. The van der Waals surface area contributed by atoms with E-state index in [1.807, 2.05) is 6.92 Å². The van der Waals surface area contributed by atoms with Crippen molar-refractivity contribution in [1.82, 2.24) is 9.97 Å². The summed E-state index contributed by atoms with van der Waals surface area (Å²) >= 11 is 0. The van der Waals surface area contributed by atoms with Gasteiger partial charge in [-0.1, -0.05) is 6.92 Å². The lowest BCUT2D eigenvalue weighted by Crippen LogP contribution is -2.34. The van der Waals surface area contributed by atoms with E-state index in [9.17, 15) is 9.18 Å². The highest BCUT2D eigenvalue weighted by atomic mass is 19.1. The van der Waals surface area contributed by atoms with E-state index in [0.29, 0.717) is 25.1 Å². The minimum absolute atomic E-state index is 0.220. The number of rotatable bonds is 3. The predicted molar refractivity (Wildman–Crippen MR) is 63.9 cm³/mol. The van der Waals surface area contributed by atoms with Crippen LogP contribution in [0.15, 0.2) is 6.33 Å². The first-order chi connectivity index (χ1) is 8.56. The first-order valence-corrected chi connectivity index (χ1v) is 6.05. The Bertz CT molecular complexity index is 467. The molecule has 1 aliphatic rings. The van der Waals surface area contributed by atoms with Gasteiger partial charge in [0.25, 0.3) is 0 Å². The molecule has 0 spiro atoms. The second-order valence-electron chi connectivity index (χ2n) is 4.48. The van der Waals surface area contributed by atoms with Crippen LogP contribution < -0.4 is 4.90 Å². The molecule has 18 heavy (non-hydrogen) atoms. The fourth-order valence-corrected chi connectivity index (χ4v) is 2.41. The van der Waals surface area contributed by atoms with Crippen molar-refractivity contribution >= 4 is 11.8 Å². The van der Waals surface area contributed by atoms with Crippen molar-refractivity contribution in [2.24, 2.45) is 5.92 Å². The third-order valence-electron chi connectivity index (χ3n) is 3.52. The summed E-state index contributed by atoms with van der Waals surface area (Å²) in [7, 11) is 0. The zero-order valence-electron chi connectivity index (χ0n) is 10.4. The van der Waals surface area contributed by atoms with Gasteiger partial charge in [0.2, 0.25) is 0 Å². The van der Waals surface area contributed by atoms with Gasteiger partial charge in [-0.2, -0.15) is 0 Å². The Hall–Kier alpha value is -1.72. The summed E-state index contributed by atoms with van der Waals surface area (Å²) in [6.45, 7) is 4.12. The second kappa shape index (κ2) is 4.88. The molecule has 6 heteroatoms. The molecule has 5 nitrogen and oxygen atoms in total. The van der Waals surface area contributed by atoms with Crippen LogP contribution in [0.4, 0.5) is 10.2 Å². The normalized spacial score (nSPS) is 23.4. The van der Waals surface area contributed by atoms with E-state index in [1.165, 1.54) is 6.33 Å². The standard InChI is InChI=1S/C12H16FN3O2/c1-3-9-10(13)11(15-6-14-9)16-5-4-8(7(16)2)12(17)18/h6-8H,3-5H2,1-2H3,(H,17,18). The van der Waals surface area contributed by atoms with Gasteiger partial charge in [0, 0.05) is 12.6 Å². The van der Waals surface area contributed by atoms with Crippen LogP contribution in [0, 0.1) is 11.7 Å². The topological polar surface area (TPSA) is 66.3 Å². The Morgan fingerprint density at radius 3 is 2.89 bits per heavy atom. The van der Waals surface area contributed by atoms with Crippen molar-refractivity contribution in [2.75, 3.05) is 11.4 Å². The summed E-state index contributed by atoms with van der Waals surface area (Å²) in [6.07, 6.45) is 2.34. The Labute approximate surface area is 105 Å². The number of aryl methyl sites for hydroxylation is 1. The van der Waals surface area contributed by atoms with Crippen molar-refractivity contribution in [2.45, 2.75) is 32.7 Å². The molecule has 1 aromatic rings. The third kappa shape index (κ3) is 2.02. The van der Waals surface area contributed by atoms with Crippen LogP contribution in [0.2, 0.25) is 0 Å². The zero-order valence-corrected chi connectivity index (χ0v) is 10.4. The first kappa shape index (κ1) is 12.7. The van der Waals surface area contributed by atoms with Crippen molar-refractivity contribution in [3.05, 3.63) is 17.8 Å². The monoisotopic (exact) mass is 253 g/mol. The van der Waals surface area contributed by atoms with Crippen LogP contribution in [-0.4, -0.2) is 33.6 Å². The highest BCUT2D eigenvalue weighted by Gasteiger charge is 2.37. The smallest absolute Gasteiger partial charge is 0.308 e. The first-order valence-electron chi connectivity index (χ1n) is 6.05. The lowest BCUT2D eigenvalue weighted by molar-refractivity contribution is -0.141. The molecule has 2 atom stereocenters. The number of halogens is 1. The lowest BCUT2D eigenvalue weighted by atomic mass is 10.0. The Balaban J connectivity index is 2.31. The third-order valence-corrected chi connectivity index (χ3v) is 3.52. The number of nitrogens with zero attached hydrogens (tertiary/aromatic N) is 3. The number of anilines is 1. The molecule has 1 saturated heterocycles. The van der Waals surface area contributed by atoms with Crippen LogP contribution >= 0.6 is 0 Å². The Morgan fingerprint density at radius 1 is 1.61 bits per heavy atom. The second-order valence-corrected chi connectivity index (χ2v) is 4.48. The van der Waals surface area contributed by atoms with Crippen molar-refractivity contribution in [3.8, 4) is 0 Å². The molecule has 0 amide bonds. The maximum absolute atomic E-state index is 14.1. The van der Waals surface area contributed by atoms with E-state index in [1.54, 1.807) is 11.8 Å². The summed E-state index contributed by atoms with van der Waals surface area (Å²) in [4.78, 5) is 20.6. The number of carboxylic acid groups (broad SMARTS) is 1. The maximum atomic E-state index is 14.1. The van der Waals surface area contributed by atoms with Crippen LogP contribution in [0.3, 0.4) is 0 Å². The van der Waals surface area contributed by atoms with Gasteiger partial charge in [-0.15, -0.1) is 0 Å². The Kier molecular flexibility index (Phi) is 3.45. The molecule has 1 aliphatic heterocycles. The van der Waals surface area contributed by atoms with Crippen molar-refractivity contribution in [1.29, 1.82) is 0 Å². The van der Waals surface area contributed by atoms with Crippen molar-refractivity contribution < 1.29 is 14.3 Å². The van der Waals surface area contributed by atoms with Crippen LogP contribution in [0.25, 0.3) is 0 Å². The summed E-state index contributed by atoms with van der Waals surface area (Å²) in [6, 6.07) is -0.253. The van der Waals surface area contributed by atoms with Crippen LogP contribution in [0.5, 0.6) is 0 Å². The number of carbonyl (C=O) groups is 1.